The molecule has 0 bridgehead atoms. The van der Waals surface area contributed by atoms with Crippen LogP contribution in [0.5, 0.6) is 0 Å². The van der Waals surface area contributed by atoms with Crippen LogP contribution in [0.15, 0.2) is 30.6 Å². The van der Waals surface area contributed by atoms with Crippen molar-refractivity contribution in [2.45, 2.75) is 26.3 Å². The normalized spacial score (nSPS) is 15.0. The van der Waals surface area contributed by atoms with Gasteiger partial charge in [0.15, 0.2) is 11.5 Å². The van der Waals surface area contributed by atoms with Gasteiger partial charge in [-0.3, -0.25) is 4.90 Å². The molecule has 0 spiro atoms. The van der Waals surface area contributed by atoms with Gasteiger partial charge in [0.25, 0.3) is 0 Å². The average Bonchev–Trinajstić information content (AvgIpc) is 3.22. The summed E-state index contributed by atoms with van der Waals surface area (Å²) in [6.07, 6.45) is 3.92. The summed E-state index contributed by atoms with van der Waals surface area (Å²) in [7, 11) is 0. The van der Waals surface area contributed by atoms with Crippen molar-refractivity contribution in [1.82, 2.24) is 24.5 Å². The van der Waals surface area contributed by atoms with E-state index in [-0.39, 0.29) is 5.82 Å². The molecule has 0 saturated carbocycles. The maximum absolute atomic E-state index is 13.2. The predicted molar refractivity (Wildman–Crippen MR) is 101 cm³/mol. The molecule has 0 atom stereocenters. The lowest BCUT2D eigenvalue weighted by atomic mass is 10.1. The molecule has 3 aromatic heterocycles. The molecule has 132 valence electrons. The van der Waals surface area contributed by atoms with Crippen LogP contribution >= 0.6 is 11.3 Å². The fourth-order valence-corrected chi connectivity index (χ4v) is 4.90. The number of benzene rings is 1. The molecule has 5 nitrogen and oxygen atoms in total. The predicted octanol–water partition coefficient (Wildman–Crippen LogP) is 3.91. The number of halogens is 1. The van der Waals surface area contributed by atoms with Crippen molar-refractivity contribution >= 4 is 27.2 Å². The monoisotopic (exact) mass is 367 g/mol. The molecule has 1 aliphatic heterocycles. The third kappa shape index (κ3) is 2.50. The Morgan fingerprint density at radius 2 is 2.08 bits per heavy atom. The fourth-order valence-electron chi connectivity index (χ4n) is 3.67. The van der Waals surface area contributed by atoms with Gasteiger partial charge >= 0.3 is 0 Å². The number of aromatic nitrogens is 4. The topological polar surface area (TPSA) is 46.3 Å². The fraction of sp³-hybridized carbons (Fsp3) is 0.316. The summed E-state index contributed by atoms with van der Waals surface area (Å²) in [4.78, 5) is 14.3. The van der Waals surface area contributed by atoms with E-state index in [2.05, 4.69) is 21.9 Å². The van der Waals surface area contributed by atoms with Crippen molar-refractivity contribution in [3.8, 4) is 11.4 Å². The van der Waals surface area contributed by atoms with Crippen LogP contribution in [0.1, 0.15) is 23.8 Å². The second-order valence-electron chi connectivity index (χ2n) is 6.67. The summed E-state index contributed by atoms with van der Waals surface area (Å²) in [5, 5.41) is 5.68. The van der Waals surface area contributed by atoms with E-state index in [0.29, 0.717) is 5.82 Å². The van der Waals surface area contributed by atoms with Gasteiger partial charge in [-0.1, -0.05) is 6.92 Å². The lowest BCUT2D eigenvalue weighted by Gasteiger charge is -2.26. The minimum Gasteiger partial charge on any atom is -0.298 e. The average molecular weight is 367 g/mol. The molecule has 4 heterocycles. The van der Waals surface area contributed by atoms with Gasteiger partial charge in [0, 0.05) is 23.5 Å². The van der Waals surface area contributed by atoms with Crippen molar-refractivity contribution in [3.05, 3.63) is 46.9 Å². The lowest BCUT2D eigenvalue weighted by Crippen LogP contribution is -2.30. The molecule has 26 heavy (non-hydrogen) atoms. The van der Waals surface area contributed by atoms with Gasteiger partial charge in [-0.25, -0.2) is 18.9 Å². The van der Waals surface area contributed by atoms with Crippen LogP contribution in [-0.4, -0.2) is 37.6 Å². The molecule has 0 unspecified atom stereocenters. The van der Waals surface area contributed by atoms with Crippen molar-refractivity contribution in [1.29, 1.82) is 0 Å². The highest BCUT2D eigenvalue weighted by Crippen LogP contribution is 2.36. The maximum Gasteiger partial charge on any atom is 0.182 e. The first kappa shape index (κ1) is 15.8. The molecule has 0 saturated heterocycles. The minimum absolute atomic E-state index is 0.259. The standard InChI is InChI=1S/C19H18FN5S/c1-2-8-24-9-7-14-15(10-24)26-19-16(14)18-22-17(23-25(18)11-21-19)12-3-5-13(20)6-4-12/h3-6,11H,2,7-10H2,1H3. The molecule has 0 N–H and O–H groups in total. The van der Waals surface area contributed by atoms with Crippen LogP contribution in [-0.2, 0) is 13.0 Å². The first-order chi connectivity index (χ1) is 12.7. The van der Waals surface area contributed by atoms with E-state index in [1.807, 2.05) is 0 Å². The zero-order valence-corrected chi connectivity index (χ0v) is 15.3. The first-order valence-electron chi connectivity index (χ1n) is 8.87. The van der Waals surface area contributed by atoms with E-state index in [4.69, 9.17) is 4.98 Å². The Balaban J connectivity index is 1.64. The van der Waals surface area contributed by atoms with Crippen molar-refractivity contribution < 1.29 is 4.39 Å². The van der Waals surface area contributed by atoms with Crippen LogP contribution in [0.3, 0.4) is 0 Å². The molecule has 5 rings (SSSR count). The largest absolute Gasteiger partial charge is 0.298 e. The zero-order valence-electron chi connectivity index (χ0n) is 14.4. The third-order valence-corrected chi connectivity index (χ3v) is 6.02. The zero-order chi connectivity index (χ0) is 17.7. The van der Waals surface area contributed by atoms with Crippen molar-refractivity contribution in [3.63, 3.8) is 0 Å². The molecule has 1 aliphatic rings. The Morgan fingerprint density at radius 3 is 2.88 bits per heavy atom. The van der Waals surface area contributed by atoms with Crippen molar-refractivity contribution in [2.24, 2.45) is 0 Å². The summed E-state index contributed by atoms with van der Waals surface area (Å²) >= 11 is 1.77. The van der Waals surface area contributed by atoms with Gasteiger partial charge in [-0.05, 0) is 49.2 Å². The summed E-state index contributed by atoms with van der Waals surface area (Å²) < 4.78 is 14.9. The molecule has 0 radical (unpaired) electrons. The van der Waals surface area contributed by atoms with Gasteiger partial charge in [-0.2, -0.15) is 0 Å². The summed E-state index contributed by atoms with van der Waals surface area (Å²) in [6, 6.07) is 6.29. The Labute approximate surface area is 154 Å². The summed E-state index contributed by atoms with van der Waals surface area (Å²) in [5.41, 5.74) is 3.02. The lowest BCUT2D eigenvalue weighted by molar-refractivity contribution is 0.258. The molecule has 0 fully saturated rings. The van der Waals surface area contributed by atoms with Gasteiger partial charge in [0.05, 0.1) is 5.39 Å². The van der Waals surface area contributed by atoms with E-state index >= 15 is 0 Å². The number of hydrogen-bond acceptors (Lipinski definition) is 5. The van der Waals surface area contributed by atoms with Crippen molar-refractivity contribution in [2.75, 3.05) is 13.1 Å². The quantitative estimate of drug-likeness (QED) is 0.551. The number of hydrogen-bond donors (Lipinski definition) is 0. The molecule has 0 amide bonds. The van der Waals surface area contributed by atoms with Crippen LogP contribution in [0.25, 0.3) is 27.3 Å². The highest BCUT2D eigenvalue weighted by molar-refractivity contribution is 7.19. The first-order valence-corrected chi connectivity index (χ1v) is 9.68. The van der Waals surface area contributed by atoms with E-state index in [0.717, 1.165) is 47.5 Å². The van der Waals surface area contributed by atoms with Gasteiger partial charge in [0.1, 0.15) is 17.0 Å². The van der Waals surface area contributed by atoms with Crippen LogP contribution < -0.4 is 0 Å². The Kier molecular flexibility index (Phi) is 3.72. The smallest absolute Gasteiger partial charge is 0.182 e. The Morgan fingerprint density at radius 1 is 1.23 bits per heavy atom. The Hall–Kier alpha value is -2.38. The second-order valence-corrected chi connectivity index (χ2v) is 7.75. The summed E-state index contributed by atoms with van der Waals surface area (Å²) in [6.45, 7) is 5.43. The van der Waals surface area contributed by atoms with Crippen LogP contribution in [0.4, 0.5) is 4.39 Å². The molecule has 0 aliphatic carbocycles. The van der Waals surface area contributed by atoms with E-state index in [1.54, 1.807) is 34.3 Å². The van der Waals surface area contributed by atoms with Gasteiger partial charge in [0.2, 0.25) is 0 Å². The number of thiophene rings is 1. The summed E-state index contributed by atoms with van der Waals surface area (Å²) in [5.74, 6) is 0.341. The van der Waals surface area contributed by atoms with E-state index in [9.17, 15) is 4.39 Å². The Bertz CT molecular complexity index is 1100. The van der Waals surface area contributed by atoms with Gasteiger partial charge in [-0.15, -0.1) is 16.4 Å². The SMILES string of the molecule is CCCN1CCc2c(sc3ncn4nc(-c5ccc(F)cc5)nc4c23)C1. The van der Waals surface area contributed by atoms with Crippen LogP contribution in [0.2, 0.25) is 0 Å². The molecular weight excluding hydrogens is 349 g/mol. The van der Waals surface area contributed by atoms with Gasteiger partial charge < -0.3 is 0 Å². The molecular formula is C19H18FN5S. The molecule has 7 heteroatoms. The number of nitrogens with zero attached hydrogens (tertiary/aromatic N) is 5. The number of fused-ring (bicyclic) bond motifs is 5. The maximum atomic E-state index is 13.2. The third-order valence-electron chi connectivity index (χ3n) is 4.90. The van der Waals surface area contributed by atoms with Crippen LogP contribution in [0, 0.1) is 5.82 Å². The highest BCUT2D eigenvalue weighted by atomic mass is 32.1. The molecule has 4 aromatic rings. The minimum atomic E-state index is -0.259. The second kappa shape index (κ2) is 6.10. The highest BCUT2D eigenvalue weighted by Gasteiger charge is 2.24. The number of rotatable bonds is 3. The van der Waals surface area contributed by atoms with E-state index in [1.165, 1.54) is 29.0 Å². The molecule has 1 aromatic carbocycles. The van der Waals surface area contributed by atoms with E-state index < -0.39 is 0 Å².